The van der Waals surface area contributed by atoms with Crippen LogP contribution in [0.1, 0.15) is 19.8 Å². The smallest absolute Gasteiger partial charge is 0.235 e. The quantitative estimate of drug-likeness (QED) is 0.784. The van der Waals surface area contributed by atoms with Gasteiger partial charge in [0.15, 0.2) is 0 Å². The zero-order valence-electron chi connectivity index (χ0n) is 10.9. The predicted molar refractivity (Wildman–Crippen MR) is 74.1 cm³/mol. The Morgan fingerprint density at radius 3 is 2.78 bits per heavy atom. The summed E-state index contributed by atoms with van der Waals surface area (Å²) in [6.45, 7) is 3.81. The van der Waals surface area contributed by atoms with Gasteiger partial charge in [-0.15, -0.1) is 11.8 Å². The van der Waals surface area contributed by atoms with Crippen LogP contribution in [0.3, 0.4) is 0 Å². The average Bonchev–Trinajstić information content (AvgIpc) is 2.92. The van der Waals surface area contributed by atoms with Gasteiger partial charge >= 0.3 is 0 Å². The molecule has 1 saturated heterocycles. The van der Waals surface area contributed by atoms with Gasteiger partial charge in [-0.1, -0.05) is 6.07 Å². The number of benzene rings is 1. The molecular formula is C14H19NO2S. The van der Waals surface area contributed by atoms with E-state index >= 15 is 0 Å². The molecule has 18 heavy (non-hydrogen) atoms. The standard InChI is InChI=1S/C14H19NO2S/c1-11(14(16)15-8-3-4-9-15)18-13-7-5-6-12(10-13)17-2/h5-7,10-11H,3-4,8-9H2,1-2H3. The number of ether oxygens (including phenoxy) is 1. The van der Waals surface area contributed by atoms with E-state index in [1.54, 1.807) is 18.9 Å². The molecular weight excluding hydrogens is 246 g/mol. The molecule has 1 fully saturated rings. The van der Waals surface area contributed by atoms with Crippen molar-refractivity contribution in [3.63, 3.8) is 0 Å². The molecule has 1 heterocycles. The molecule has 1 atom stereocenters. The Hall–Kier alpha value is -1.16. The van der Waals surface area contributed by atoms with Gasteiger partial charge in [-0.05, 0) is 38.0 Å². The first kappa shape index (κ1) is 13.3. The zero-order chi connectivity index (χ0) is 13.0. The van der Waals surface area contributed by atoms with E-state index in [2.05, 4.69) is 0 Å². The van der Waals surface area contributed by atoms with E-state index in [9.17, 15) is 4.79 Å². The normalized spacial score (nSPS) is 16.7. The number of carbonyl (C=O) groups excluding carboxylic acids is 1. The van der Waals surface area contributed by atoms with Crippen LogP contribution in [0.4, 0.5) is 0 Å². The van der Waals surface area contributed by atoms with Gasteiger partial charge in [-0.2, -0.15) is 0 Å². The highest BCUT2D eigenvalue weighted by atomic mass is 32.2. The predicted octanol–water partition coefficient (Wildman–Crippen LogP) is 2.80. The molecule has 1 amide bonds. The number of rotatable bonds is 4. The van der Waals surface area contributed by atoms with Crippen LogP contribution < -0.4 is 4.74 Å². The molecule has 3 nitrogen and oxygen atoms in total. The molecule has 0 bridgehead atoms. The van der Waals surface area contributed by atoms with Crippen molar-refractivity contribution < 1.29 is 9.53 Å². The van der Waals surface area contributed by atoms with Crippen LogP contribution >= 0.6 is 11.8 Å². The first-order chi connectivity index (χ1) is 8.70. The summed E-state index contributed by atoms with van der Waals surface area (Å²) in [6, 6.07) is 7.85. The molecule has 0 spiro atoms. The minimum absolute atomic E-state index is 0.0322. The molecule has 4 heteroatoms. The van der Waals surface area contributed by atoms with E-state index in [0.29, 0.717) is 0 Å². The third-order valence-electron chi connectivity index (χ3n) is 3.12. The molecule has 0 saturated carbocycles. The summed E-state index contributed by atoms with van der Waals surface area (Å²) in [5, 5.41) is -0.0322. The Kier molecular flexibility index (Phi) is 4.53. The van der Waals surface area contributed by atoms with Gasteiger partial charge in [0.05, 0.1) is 12.4 Å². The average molecular weight is 265 g/mol. The fourth-order valence-electron chi connectivity index (χ4n) is 2.12. The monoisotopic (exact) mass is 265 g/mol. The summed E-state index contributed by atoms with van der Waals surface area (Å²) in [6.07, 6.45) is 2.28. The third-order valence-corrected chi connectivity index (χ3v) is 4.20. The second kappa shape index (κ2) is 6.14. The molecule has 1 aliphatic rings. The van der Waals surface area contributed by atoms with Crippen molar-refractivity contribution in [3.05, 3.63) is 24.3 Å². The summed E-state index contributed by atoms with van der Waals surface area (Å²) in [4.78, 5) is 15.2. The number of methoxy groups -OCH3 is 1. The number of amides is 1. The number of carbonyl (C=O) groups is 1. The van der Waals surface area contributed by atoms with Crippen molar-refractivity contribution in [1.82, 2.24) is 4.90 Å². The molecule has 98 valence electrons. The van der Waals surface area contributed by atoms with Gasteiger partial charge in [0.25, 0.3) is 0 Å². The highest BCUT2D eigenvalue weighted by Crippen LogP contribution is 2.28. The Morgan fingerprint density at radius 1 is 1.39 bits per heavy atom. The summed E-state index contributed by atoms with van der Waals surface area (Å²) >= 11 is 1.60. The first-order valence-electron chi connectivity index (χ1n) is 6.30. The maximum atomic E-state index is 12.2. The highest BCUT2D eigenvalue weighted by molar-refractivity contribution is 8.00. The molecule has 0 N–H and O–H groups in total. The van der Waals surface area contributed by atoms with Gasteiger partial charge < -0.3 is 9.64 Å². The lowest BCUT2D eigenvalue weighted by molar-refractivity contribution is -0.129. The number of hydrogen-bond acceptors (Lipinski definition) is 3. The lowest BCUT2D eigenvalue weighted by Gasteiger charge is -2.20. The van der Waals surface area contributed by atoms with Gasteiger partial charge in [0.1, 0.15) is 5.75 Å². The minimum atomic E-state index is -0.0322. The van der Waals surface area contributed by atoms with Crippen LogP contribution in [-0.4, -0.2) is 36.3 Å². The van der Waals surface area contributed by atoms with E-state index in [1.807, 2.05) is 36.1 Å². The van der Waals surface area contributed by atoms with Gasteiger partial charge in [-0.3, -0.25) is 4.79 Å². The largest absolute Gasteiger partial charge is 0.497 e. The molecule has 0 radical (unpaired) electrons. The van der Waals surface area contributed by atoms with Gasteiger partial charge in [0.2, 0.25) is 5.91 Å². The Labute approximate surface area is 113 Å². The molecule has 0 aliphatic carbocycles. The van der Waals surface area contributed by atoms with E-state index in [0.717, 1.165) is 36.6 Å². The Morgan fingerprint density at radius 2 is 2.11 bits per heavy atom. The zero-order valence-corrected chi connectivity index (χ0v) is 11.7. The van der Waals surface area contributed by atoms with Gasteiger partial charge in [0, 0.05) is 18.0 Å². The number of thioether (sulfide) groups is 1. The van der Waals surface area contributed by atoms with Crippen LogP contribution in [0.15, 0.2) is 29.2 Å². The van der Waals surface area contributed by atoms with E-state index < -0.39 is 0 Å². The lowest BCUT2D eigenvalue weighted by atomic mass is 10.3. The number of likely N-dealkylation sites (tertiary alicyclic amines) is 1. The van der Waals surface area contributed by atoms with E-state index in [-0.39, 0.29) is 11.2 Å². The second-order valence-corrected chi connectivity index (χ2v) is 5.89. The van der Waals surface area contributed by atoms with Crippen molar-refractivity contribution in [2.24, 2.45) is 0 Å². The summed E-state index contributed by atoms with van der Waals surface area (Å²) < 4.78 is 5.19. The summed E-state index contributed by atoms with van der Waals surface area (Å²) in [5.74, 6) is 1.08. The summed E-state index contributed by atoms with van der Waals surface area (Å²) in [7, 11) is 1.66. The molecule has 1 aliphatic heterocycles. The van der Waals surface area contributed by atoms with Crippen molar-refractivity contribution in [2.75, 3.05) is 20.2 Å². The van der Waals surface area contributed by atoms with Crippen molar-refractivity contribution in [1.29, 1.82) is 0 Å². The summed E-state index contributed by atoms with van der Waals surface area (Å²) in [5.41, 5.74) is 0. The Bertz CT molecular complexity index is 416. The van der Waals surface area contributed by atoms with Crippen LogP contribution in [0.5, 0.6) is 5.75 Å². The first-order valence-corrected chi connectivity index (χ1v) is 7.18. The fourth-order valence-corrected chi connectivity index (χ4v) is 3.12. The van der Waals surface area contributed by atoms with Gasteiger partial charge in [-0.25, -0.2) is 0 Å². The van der Waals surface area contributed by atoms with E-state index in [1.165, 1.54) is 0 Å². The molecule has 0 aromatic heterocycles. The van der Waals surface area contributed by atoms with E-state index in [4.69, 9.17) is 4.74 Å². The molecule has 1 unspecified atom stereocenters. The van der Waals surface area contributed by atoms with Crippen molar-refractivity contribution in [2.45, 2.75) is 29.9 Å². The SMILES string of the molecule is COc1cccc(SC(C)C(=O)N2CCCC2)c1. The second-order valence-electron chi connectivity index (χ2n) is 4.47. The number of nitrogens with zero attached hydrogens (tertiary/aromatic N) is 1. The van der Waals surface area contributed by atoms with Crippen LogP contribution in [0, 0.1) is 0 Å². The maximum Gasteiger partial charge on any atom is 0.235 e. The molecule has 1 aromatic rings. The maximum absolute atomic E-state index is 12.2. The highest BCUT2D eigenvalue weighted by Gasteiger charge is 2.23. The fraction of sp³-hybridized carbons (Fsp3) is 0.500. The lowest BCUT2D eigenvalue weighted by Crippen LogP contribution is -2.33. The topological polar surface area (TPSA) is 29.5 Å². The third kappa shape index (κ3) is 3.19. The van der Waals surface area contributed by atoms with Crippen molar-refractivity contribution >= 4 is 17.7 Å². The van der Waals surface area contributed by atoms with Crippen LogP contribution in [-0.2, 0) is 4.79 Å². The van der Waals surface area contributed by atoms with Crippen LogP contribution in [0.2, 0.25) is 0 Å². The molecule has 2 rings (SSSR count). The number of hydrogen-bond donors (Lipinski definition) is 0. The molecule has 1 aromatic carbocycles. The van der Waals surface area contributed by atoms with Crippen LogP contribution in [0.25, 0.3) is 0 Å². The van der Waals surface area contributed by atoms with Crippen molar-refractivity contribution in [3.8, 4) is 5.75 Å². The minimum Gasteiger partial charge on any atom is -0.497 e. The Balaban J connectivity index is 1.97.